The average molecular weight is 447 g/mol. The van der Waals surface area contributed by atoms with Crippen LogP contribution in [0.5, 0.6) is 5.75 Å². The van der Waals surface area contributed by atoms with Gasteiger partial charge in [0.25, 0.3) is 5.91 Å². The van der Waals surface area contributed by atoms with E-state index in [4.69, 9.17) is 4.74 Å². The van der Waals surface area contributed by atoms with Crippen LogP contribution >= 0.6 is 0 Å². The van der Waals surface area contributed by atoms with Crippen molar-refractivity contribution in [2.24, 2.45) is 0 Å². The number of piperidine rings is 1. The predicted octanol–water partition coefficient (Wildman–Crippen LogP) is 5.32. The van der Waals surface area contributed by atoms with E-state index >= 15 is 0 Å². The molecule has 2 fully saturated rings. The second-order valence-electron chi connectivity index (χ2n) is 9.67. The van der Waals surface area contributed by atoms with Gasteiger partial charge in [0, 0.05) is 24.7 Å². The molecular formula is C28H34N2O3. The Balaban J connectivity index is 1.64. The van der Waals surface area contributed by atoms with Crippen molar-refractivity contribution in [2.45, 2.75) is 69.4 Å². The van der Waals surface area contributed by atoms with Crippen LogP contribution in [0, 0.1) is 0 Å². The molecule has 0 spiro atoms. The topological polar surface area (TPSA) is 49.9 Å². The number of rotatable bonds is 4. The number of fused-ring (bicyclic) bond motifs is 1. The van der Waals surface area contributed by atoms with Crippen LogP contribution in [-0.2, 0) is 4.79 Å². The summed E-state index contributed by atoms with van der Waals surface area (Å²) >= 11 is 0. The SMILES string of the molecule is COc1ccc([C@H]2[C@@H](C(=O)N3CCCCC3)c3ccccc3C(=O)N2C2CCCCC2)cc1. The van der Waals surface area contributed by atoms with Crippen molar-refractivity contribution >= 4 is 11.8 Å². The maximum Gasteiger partial charge on any atom is 0.254 e. The summed E-state index contributed by atoms with van der Waals surface area (Å²) in [4.78, 5) is 32.2. The molecule has 2 aliphatic heterocycles. The molecule has 2 atom stereocenters. The molecule has 2 heterocycles. The van der Waals surface area contributed by atoms with E-state index in [1.54, 1.807) is 7.11 Å². The number of likely N-dealkylation sites (tertiary alicyclic amines) is 1. The number of hydrogen-bond acceptors (Lipinski definition) is 3. The molecule has 0 radical (unpaired) electrons. The lowest BCUT2D eigenvalue weighted by Crippen LogP contribution is -2.53. The fraction of sp³-hybridized carbons (Fsp3) is 0.500. The number of hydrogen-bond donors (Lipinski definition) is 0. The molecule has 3 aliphatic rings. The van der Waals surface area contributed by atoms with Crippen LogP contribution in [-0.4, -0.2) is 47.9 Å². The molecule has 1 saturated heterocycles. The zero-order chi connectivity index (χ0) is 22.8. The minimum Gasteiger partial charge on any atom is -0.497 e. The molecule has 5 nitrogen and oxygen atoms in total. The van der Waals surface area contributed by atoms with Crippen molar-refractivity contribution in [3.05, 3.63) is 65.2 Å². The lowest BCUT2D eigenvalue weighted by molar-refractivity contribution is -0.135. The van der Waals surface area contributed by atoms with E-state index in [0.717, 1.165) is 68.5 Å². The summed E-state index contributed by atoms with van der Waals surface area (Å²) in [6, 6.07) is 15.6. The summed E-state index contributed by atoms with van der Waals surface area (Å²) < 4.78 is 5.39. The Hall–Kier alpha value is -2.82. The molecule has 2 aromatic carbocycles. The first kappa shape index (κ1) is 22.0. The Kier molecular flexibility index (Phi) is 6.39. The molecule has 1 saturated carbocycles. The average Bonchev–Trinajstić information content (AvgIpc) is 2.89. The molecule has 0 N–H and O–H groups in total. The molecule has 2 amide bonds. The summed E-state index contributed by atoms with van der Waals surface area (Å²) in [6.07, 6.45) is 8.79. The predicted molar refractivity (Wildman–Crippen MR) is 128 cm³/mol. The maximum atomic E-state index is 14.1. The second-order valence-corrected chi connectivity index (χ2v) is 9.67. The molecule has 5 heteroatoms. The van der Waals surface area contributed by atoms with Crippen LogP contribution in [0.2, 0.25) is 0 Å². The first-order valence-corrected chi connectivity index (χ1v) is 12.5. The molecule has 0 unspecified atom stereocenters. The van der Waals surface area contributed by atoms with E-state index in [2.05, 4.69) is 4.90 Å². The smallest absolute Gasteiger partial charge is 0.254 e. The fourth-order valence-electron chi connectivity index (χ4n) is 6.04. The number of methoxy groups -OCH3 is 1. The van der Waals surface area contributed by atoms with Gasteiger partial charge in [0.15, 0.2) is 0 Å². The fourth-order valence-corrected chi connectivity index (χ4v) is 6.04. The van der Waals surface area contributed by atoms with Crippen LogP contribution < -0.4 is 4.74 Å². The number of benzene rings is 2. The highest BCUT2D eigenvalue weighted by atomic mass is 16.5. The van der Waals surface area contributed by atoms with Crippen LogP contribution in [0.1, 0.15) is 84.8 Å². The minimum absolute atomic E-state index is 0.0704. The Morgan fingerprint density at radius 2 is 1.55 bits per heavy atom. The summed E-state index contributed by atoms with van der Waals surface area (Å²) in [7, 11) is 1.66. The summed E-state index contributed by atoms with van der Waals surface area (Å²) in [5, 5.41) is 0. The summed E-state index contributed by atoms with van der Waals surface area (Å²) in [6.45, 7) is 1.62. The van der Waals surface area contributed by atoms with Crippen molar-refractivity contribution in [1.82, 2.24) is 9.80 Å². The molecular weight excluding hydrogens is 412 g/mol. The monoisotopic (exact) mass is 446 g/mol. The highest BCUT2D eigenvalue weighted by molar-refractivity contribution is 6.01. The largest absolute Gasteiger partial charge is 0.497 e. The van der Waals surface area contributed by atoms with Gasteiger partial charge >= 0.3 is 0 Å². The van der Waals surface area contributed by atoms with E-state index in [1.165, 1.54) is 12.8 Å². The molecule has 1 aliphatic carbocycles. The van der Waals surface area contributed by atoms with E-state index in [-0.39, 0.29) is 29.8 Å². The van der Waals surface area contributed by atoms with Crippen LogP contribution in [0.4, 0.5) is 0 Å². The summed E-state index contributed by atoms with van der Waals surface area (Å²) in [5.41, 5.74) is 2.59. The zero-order valence-electron chi connectivity index (χ0n) is 19.5. The number of carbonyl (C=O) groups is 2. The van der Waals surface area contributed by atoms with Crippen LogP contribution in [0.15, 0.2) is 48.5 Å². The Labute approximate surface area is 196 Å². The maximum absolute atomic E-state index is 14.1. The van der Waals surface area contributed by atoms with Gasteiger partial charge in [-0.1, -0.05) is 49.6 Å². The highest BCUT2D eigenvalue weighted by Gasteiger charge is 2.47. The molecule has 5 rings (SSSR count). The van der Waals surface area contributed by atoms with Crippen LogP contribution in [0.25, 0.3) is 0 Å². The second kappa shape index (κ2) is 9.58. The third-order valence-electron chi connectivity index (χ3n) is 7.74. The number of ether oxygens (including phenoxy) is 1. The van der Waals surface area contributed by atoms with Crippen molar-refractivity contribution in [2.75, 3.05) is 20.2 Å². The van der Waals surface area contributed by atoms with E-state index < -0.39 is 0 Å². The molecule has 0 bridgehead atoms. The van der Waals surface area contributed by atoms with Crippen molar-refractivity contribution in [1.29, 1.82) is 0 Å². The highest BCUT2D eigenvalue weighted by Crippen LogP contribution is 2.46. The first-order chi connectivity index (χ1) is 16.2. The van der Waals surface area contributed by atoms with Gasteiger partial charge in [0.1, 0.15) is 5.75 Å². The lowest BCUT2D eigenvalue weighted by atomic mass is 9.76. The molecule has 33 heavy (non-hydrogen) atoms. The lowest BCUT2D eigenvalue weighted by Gasteiger charge is -2.48. The van der Waals surface area contributed by atoms with Crippen molar-refractivity contribution < 1.29 is 14.3 Å². The van der Waals surface area contributed by atoms with Crippen LogP contribution in [0.3, 0.4) is 0 Å². The van der Waals surface area contributed by atoms with E-state index in [0.29, 0.717) is 5.56 Å². The normalized spacial score (nSPS) is 23.8. The van der Waals surface area contributed by atoms with Crippen molar-refractivity contribution in [3.8, 4) is 5.75 Å². The molecule has 174 valence electrons. The Morgan fingerprint density at radius 3 is 2.24 bits per heavy atom. The zero-order valence-corrected chi connectivity index (χ0v) is 19.5. The number of nitrogens with zero attached hydrogens (tertiary/aromatic N) is 2. The Morgan fingerprint density at radius 1 is 0.879 bits per heavy atom. The summed E-state index contributed by atoms with van der Waals surface area (Å²) in [5.74, 6) is 0.633. The standard InChI is InChI=1S/C28H34N2O3/c1-33-22-16-14-20(15-17-22)26-25(28(32)29-18-8-3-9-19-29)23-12-6-7-13-24(23)27(31)30(26)21-10-4-2-5-11-21/h6-7,12-17,21,25-26H,2-5,8-11,18-19H2,1H3/t25-,26-/m0/s1. The third-order valence-corrected chi connectivity index (χ3v) is 7.74. The molecule has 0 aromatic heterocycles. The number of carbonyl (C=O) groups excluding carboxylic acids is 2. The van der Waals surface area contributed by atoms with Crippen molar-refractivity contribution in [3.63, 3.8) is 0 Å². The van der Waals surface area contributed by atoms with Gasteiger partial charge in [-0.15, -0.1) is 0 Å². The third kappa shape index (κ3) is 4.14. The van der Waals surface area contributed by atoms with Gasteiger partial charge in [-0.25, -0.2) is 0 Å². The quantitative estimate of drug-likeness (QED) is 0.639. The Bertz CT molecular complexity index is 990. The van der Waals surface area contributed by atoms with Gasteiger partial charge in [-0.05, 0) is 61.4 Å². The number of amides is 2. The van der Waals surface area contributed by atoms with Gasteiger partial charge in [0.2, 0.25) is 5.91 Å². The minimum atomic E-state index is -0.382. The first-order valence-electron chi connectivity index (χ1n) is 12.5. The molecule has 2 aromatic rings. The van der Waals surface area contributed by atoms with E-state index in [9.17, 15) is 9.59 Å². The van der Waals surface area contributed by atoms with Gasteiger partial charge in [0.05, 0.1) is 19.1 Å². The van der Waals surface area contributed by atoms with Gasteiger partial charge in [-0.3, -0.25) is 9.59 Å². The van der Waals surface area contributed by atoms with Gasteiger partial charge < -0.3 is 14.5 Å². The van der Waals surface area contributed by atoms with Gasteiger partial charge in [-0.2, -0.15) is 0 Å². The van der Waals surface area contributed by atoms with E-state index in [1.807, 2.05) is 53.4 Å².